The lowest BCUT2D eigenvalue weighted by Gasteiger charge is -2.19. The number of aromatic nitrogens is 3. The Bertz CT molecular complexity index is 1590. The number of ether oxygens (including phenoxy) is 1. The monoisotopic (exact) mass is 585 g/mol. The molecule has 0 atom stereocenters. The number of hydrogen-bond acceptors (Lipinski definition) is 5. The van der Waals surface area contributed by atoms with Gasteiger partial charge in [-0.15, -0.1) is 0 Å². The predicted molar refractivity (Wildman–Crippen MR) is 149 cm³/mol. The zero-order valence-corrected chi connectivity index (χ0v) is 22.8. The van der Waals surface area contributed by atoms with Crippen molar-refractivity contribution in [3.05, 3.63) is 102 Å². The van der Waals surface area contributed by atoms with Gasteiger partial charge in [-0.2, -0.15) is 22.7 Å². The number of carbonyl (C=O) groups excluding carboxylic acids is 1. The molecule has 0 unspecified atom stereocenters. The number of H-pyrrole nitrogens is 1. The molecule has 7 nitrogen and oxygen atoms in total. The first-order chi connectivity index (χ1) is 20.0. The quantitative estimate of drug-likeness (QED) is 0.133. The maximum atomic E-state index is 14.9. The first-order valence-corrected chi connectivity index (χ1v) is 12.9. The Morgan fingerprint density at radius 3 is 2.50 bits per heavy atom. The highest BCUT2D eigenvalue weighted by atomic mass is 19.4. The molecule has 2 aromatic heterocycles. The molecule has 42 heavy (non-hydrogen) atoms. The number of carbonyl (C=O) groups is 1. The summed E-state index contributed by atoms with van der Waals surface area (Å²) in [6.45, 7) is 1.22. The third-order valence-corrected chi connectivity index (χ3v) is 6.23. The Balaban J connectivity index is 1.64. The Hall–Kier alpha value is -4.58. The van der Waals surface area contributed by atoms with Crippen molar-refractivity contribution in [2.45, 2.75) is 12.6 Å². The summed E-state index contributed by atoms with van der Waals surface area (Å²) in [7, 11) is 3.31. The minimum Gasteiger partial charge on any atom is -0.492 e. The van der Waals surface area contributed by atoms with Gasteiger partial charge >= 0.3 is 6.18 Å². The highest BCUT2D eigenvalue weighted by Crippen LogP contribution is 2.41. The first kappa shape index (κ1) is 30.4. The number of amides is 1. The summed E-state index contributed by atoms with van der Waals surface area (Å²) in [6, 6.07) is 11.9. The number of allylic oxidation sites excluding steroid dienone is 1. The summed E-state index contributed by atoms with van der Waals surface area (Å²) in [4.78, 5) is 16.7. The Labute approximate surface area is 238 Å². The lowest BCUT2D eigenvalue weighted by Crippen LogP contribution is -2.22. The summed E-state index contributed by atoms with van der Waals surface area (Å²) < 4.78 is 76.6. The van der Waals surface area contributed by atoms with E-state index in [-0.39, 0.29) is 40.2 Å². The highest BCUT2D eigenvalue weighted by molar-refractivity contribution is 6.00. The van der Waals surface area contributed by atoms with Crippen LogP contribution in [0, 0.1) is 11.8 Å². The van der Waals surface area contributed by atoms with Gasteiger partial charge in [0.05, 0.1) is 23.5 Å². The number of nitrogens with one attached hydrogen (secondary N) is 2. The van der Waals surface area contributed by atoms with Crippen LogP contribution in [0.5, 0.6) is 5.75 Å². The standard InChI is InChI=1S/C30H28F5N5O2/c1-40(2)27(41)4-3-12-36-14-15-42-21-8-5-19(6-9-21)28(20-7-10-26-23(16-20)29(32)39-38-26)24(17-30(33,34)35)22-11-13-37-18-25(22)31/h3-11,13,16,18,36H,12,14-15,17H2,1-2H3,(H,38,39)/b4-3+,28-24+. The molecular formula is C30H28F5N5O2. The fourth-order valence-electron chi connectivity index (χ4n) is 4.24. The lowest BCUT2D eigenvalue weighted by molar-refractivity contribution is -0.124. The Kier molecular flexibility index (Phi) is 9.68. The maximum absolute atomic E-state index is 14.9. The van der Waals surface area contributed by atoms with E-state index in [9.17, 15) is 26.7 Å². The van der Waals surface area contributed by atoms with E-state index in [4.69, 9.17) is 4.74 Å². The summed E-state index contributed by atoms with van der Waals surface area (Å²) in [6.07, 6.45) is -0.890. The van der Waals surface area contributed by atoms with Crippen molar-refractivity contribution in [3.63, 3.8) is 0 Å². The third-order valence-electron chi connectivity index (χ3n) is 6.23. The molecular weight excluding hydrogens is 557 g/mol. The van der Waals surface area contributed by atoms with Crippen LogP contribution < -0.4 is 10.1 Å². The number of aromatic amines is 1. The zero-order valence-electron chi connectivity index (χ0n) is 22.8. The number of hydrogen-bond donors (Lipinski definition) is 2. The van der Waals surface area contributed by atoms with Crippen LogP contribution in [0.4, 0.5) is 22.0 Å². The van der Waals surface area contributed by atoms with Crippen molar-refractivity contribution in [3.8, 4) is 5.75 Å². The topological polar surface area (TPSA) is 83.1 Å². The van der Waals surface area contributed by atoms with Crippen LogP contribution in [0.1, 0.15) is 23.1 Å². The number of likely N-dealkylation sites (N-methyl/N-ethyl adjacent to an activating group) is 1. The van der Waals surface area contributed by atoms with Gasteiger partial charge in [0.15, 0.2) is 0 Å². The molecule has 1 amide bonds. The van der Waals surface area contributed by atoms with Crippen molar-refractivity contribution in [2.24, 2.45) is 0 Å². The van der Waals surface area contributed by atoms with E-state index >= 15 is 0 Å². The number of alkyl halides is 3. The van der Waals surface area contributed by atoms with Gasteiger partial charge < -0.3 is 15.0 Å². The second kappa shape index (κ2) is 13.4. The minimum absolute atomic E-state index is 0.0761. The van der Waals surface area contributed by atoms with Gasteiger partial charge in [-0.25, -0.2) is 4.39 Å². The van der Waals surface area contributed by atoms with Gasteiger partial charge in [0.1, 0.15) is 18.2 Å². The molecule has 0 fully saturated rings. The van der Waals surface area contributed by atoms with E-state index in [1.165, 1.54) is 41.4 Å². The van der Waals surface area contributed by atoms with Gasteiger partial charge in [0.25, 0.3) is 0 Å². The summed E-state index contributed by atoms with van der Waals surface area (Å²) in [5.74, 6) is -1.32. The molecule has 12 heteroatoms. The molecule has 220 valence electrons. The van der Waals surface area contributed by atoms with Crippen LogP contribution in [0.25, 0.3) is 22.0 Å². The SMILES string of the molecule is CN(C)C(=O)/C=C/CNCCOc1ccc(/C(=C(/CC(F)(F)F)c2ccncc2F)c2ccc3n[nH]c(F)c3c2)cc1. The summed E-state index contributed by atoms with van der Waals surface area (Å²) in [5.41, 5.74) is 0.362. The van der Waals surface area contributed by atoms with Gasteiger partial charge in [-0.05, 0) is 52.6 Å². The Morgan fingerprint density at radius 2 is 1.81 bits per heavy atom. The highest BCUT2D eigenvalue weighted by Gasteiger charge is 2.32. The van der Waals surface area contributed by atoms with E-state index in [0.29, 0.717) is 29.9 Å². The molecule has 0 aliphatic carbocycles. The third kappa shape index (κ3) is 7.78. The van der Waals surface area contributed by atoms with E-state index < -0.39 is 24.4 Å². The van der Waals surface area contributed by atoms with Crippen molar-refractivity contribution >= 4 is 28.0 Å². The van der Waals surface area contributed by atoms with Gasteiger partial charge in [-0.3, -0.25) is 14.9 Å². The van der Waals surface area contributed by atoms with Crippen molar-refractivity contribution in [1.82, 2.24) is 25.4 Å². The predicted octanol–water partition coefficient (Wildman–Crippen LogP) is 5.76. The molecule has 2 heterocycles. The average molecular weight is 586 g/mol. The van der Waals surface area contributed by atoms with Crippen molar-refractivity contribution in [1.29, 1.82) is 0 Å². The zero-order chi connectivity index (χ0) is 30.3. The fraction of sp³-hybridized carbons (Fsp3) is 0.233. The molecule has 2 aromatic carbocycles. The van der Waals surface area contributed by atoms with E-state index in [2.05, 4.69) is 20.5 Å². The molecule has 0 radical (unpaired) electrons. The minimum atomic E-state index is -4.67. The van der Waals surface area contributed by atoms with Crippen LogP contribution in [-0.2, 0) is 4.79 Å². The summed E-state index contributed by atoms with van der Waals surface area (Å²) in [5, 5.41) is 9.25. The second-order valence-electron chi connectivity index (χ2n) is 9.48. The molecule has 0 saturated carbocycles. The van der Waals surface area contributed by atoms with Crippen LogP contribution in [-0.4, -0.2) is 66.0 Å². The fourth-order valence-corrected chi connectivity index (χ4v) is 4.24. The van der Waals surface area contributed by atoms with Gasteiger partial charge in [0.2, 0.25) is 11.9 Å². The molecule has 2 N–H and O–H groups in total. The molecule has 0 spiro atoms. The molecule has 0 aliphatic heterocycles. The number of rotatable bonds is 11. The number of benzene rings is 2. The molecule has 0 aliphatic rings. The lowest BCUT2D eigenvalue weighted by atomic mass is 9.87. The van der Waals surface area contributed by atoms with Crippen LogP contribution >= 0.6 is 0 Å². The largest absolute Gasteiger partial charge is 0.492 e. The smallest absolute Gasteiger partial charge is 0.393 e. The van der Waals surface area contributed by atoms with Gasteiger partial charge in [0, 0.05) is 45.0 Å². The van der Waals surface area contributed by atoms with E-state index in [0.717, 1.165) is 6.20 Å². The molecule has 0 bridgehead atoms. The number of pyridine rings is 1. The summed E-state index contributed by atoms with van der Waals surface area (Å²) >= 11 is 0. The second-order valence-corrected chi connectivity index (χ2v) is 9.48. The van der Waals surface area contributed by atoms with Crippen LogP contribution in [0.15, 0.2) is 73.1 Å². The molecule has 4 rings (SSSR count). The van der Waals surface area contributed by atoms with Crippen LogP contribution in [0.3, 0.4) is 0 Å². The van der Waals surface area contributed by atoms with Crippen molar-refractivity contribution < 1.29 is 31.5 Å². The number of nitrogens with zero attached hydrogens (tertiary/aromatic N) is 3. The van der Waals surface area contributed by atoms with Crippen molar-refractivity contribution in [2.75, 3.05) is 33.8 Å². The van der Waals surface area contributed by atoms with Gasteiger partial charge in [-0.1, -0.05) is 24.3 Å². The average Bonchev–Trinajstić information content (AvgIpc) is 3.32. The molecule has 4 aromatic rings. The number of fused-ring (bicyclic) bond motifs is 1. The number of halogens is 5. The maximum Gasteiger partial charge on any atom is 0.393 e. The molecule has 0 saturated heterocycles. The Morgan fingerprint density at radius 1 is 1.07 bits per heavy atom. The first-order valence-electron chi connectivity index (χ1n) is 12.9. The van der Waals surface area contributed by atoms with Crippen LogP contribution in [0.2, 0.25) is 0 Å². The van der Waals surface area contributed by atoms with E-state index in [1.807, 2.05) is 0 Å². The van der Waals surface area contributed by atoms with E-state index in [1.54, 1.807) is 44.4 Å². The normalized spacial score (nSPS) is 12.5.